The minimum Gasteiger partial charge on any atom is -0.494 e. The first-order valence-electron chi connectivity index (χ1n) is 15.4. The molecule has 0 spiro atoms. The van der Waals surface area contributed by atoms with E-state index in [1.54, 1.807) is 7.11 Å². The predicted molar refractivity (Wildman–Crippen MR) is 162 cm³/mol. The Kier molecular flexibility index (Phi) is 5.68. The highest BCUT2D eigenvalue weighted by Crippen LogP contribution is 2.53. The van der Waals surface area contributed by atoms with Gasteiger partial charge in [-0.15, -0.1) is 0 Å². The number of ether oxygens (including phenoxy) is 1. The van der Waals surface area contributed by atoms with Crippen LogP contribution in [0, 0.1) is 17.3 Å². The van der Waals surface area contributed by atoms with Crippen LogP contribution in [0.2, 0.25) is 0 Å². The molecule has 3 N–H and O–H groups in total. The molecule has 4 fully saturated rings. The Labute approximate surface area is 240 Å². The van der Waals surface area contributed by atoms with E-state index >= 15 is 0 Å². The number of aromatic nitrogens is 3. The average molecular weight is 553 g/mol. The van der Waals surface area contributed by atoms with Gasteiger partial charge in [-0.3, -0.25) is 4.79 Å². The number of carbonyl (C=O) groups is 1. The summed E-state index contributed by atoms with van der Waals surface area (Å²) in [6.07, 6.45) is 8.76. The van der Waals surface area contributed by atoms with Gasteiger partial charge in [0.1, 0.15) is 11.3 Å². The van der Waals surface area contributed by atoms with Gasteiger partial charge in [0, 0.05) is 61.3 Å². The third-order valence-corrected chi connectivity index (χ3v) is 10.4. The van der Waals surface area contributed by atoms with E-state index in [1.807, 2.05) is 17.0 Å². The molecule has 8 rings (SSSR count). The number of carbonyl (C=O) groups excluding carboxylic acids is 1. The number of methoxy groups -OCH3 is 1. The second-order valence-electron chi connectivity index (χ2n) is 13.1. The standard InChI is InChI=1S/C33H40N6O2/c1-37-30-25(13-23(15-28(30)41-2)32(40)39-19-33(18-34)11-9-29(33)39)36-31(37)27-14-22-7-8-24(35-12-10-20-3-4-20)16-26(22)38(27)17-21-5-6-21/h7-8,13-16,20-21,29,35H,3-6,9-12,17-19,34H2,1-2H3/t29?,33-/m0/s1. The highest BCUT2D eigenvalue weighted by Gasteiger charge is 2.59. The van der Waals surface area contributed by atoms with Crippen molar-refractivity contribution in [2.24, 2.45) is 30.0 Å². The quantitative estimate of drug-likeness (QED) is 0.275. The van der Waals surface area contributed by atoms with Crippen molar-refractivity contribution in [3.8, 4) is 17.3 Å². The van der Waals surface area contributed by atoms with E-state index in [1.165, 1.54) is 48.7 Å². The van der Waals surface area contributed by atoms with Gasteiger partial charge in [-0.25, -0.2) is 4.98 Å². The second-order valence-corrected chi connectivity index (χ2v) is 13.1. The summed E-state index contributed by atoms with van der Waals surface area (Å²) < 4.78 is 10.4. The average Bonchev–Trinajstić information content (AvgIpc) is 3.90. The van der Waals surface area contributed by atoms with E-state index in [-0.39, 0.29) is 17.4 Å². The number of nitrogens with two attached hydrogens (primary N) is 1. The largest absolute Gasteiger partial charge is 0.494 e. The Balaban J connectivity index is 1.17. The molecule has 1 unspecified atom stereocenters. The van der Waals surface area contributed by atoms with Crippen LogP contribution >= 0.6 is 0 Å². The van der Waals surface area contributed by atoms with Crippen LogP contribution in [0.15, 0.2) is 36.4 Å². The van der Waals surface area contributed by atoms with Gasteiger partial charge in [0.2, 0.25) is 0 Å². The van der Waals surface area contributed by atoms with Crippen molar-refractivity contribution in [1.29, 1.82) is 0 Å². The molecule has 8 heteroatoms. The number of nitrogens with one attached hydrogen (secondary N) is 1. The molecule has 4 aliphatic rings. The SMILES string of the molecule is COc1cc(C(=O)N2C[C@@]3(CN)CCC23)cc2nc(-c3cc4ccc(NCCC5CC5)cc4n3CC3CC3)n(C)c12. The Bertz CT molecular complexity index is 1670. The van der Waals surface area contributed by atoms with Crippen LogP contribution in [0.25, 0.3) is 33.5 Å². The van der Waals surface area contributed by atoms with E-state index < -0.39 is 0 Å². The monoisotopic (exact) mass is 552 g/mol. The first-order chi connectivity index (χ1) is 20.0. The highest BCUT2D eigenvalue weighted by atomic mass is 16.5. The van der Waals surface area contributed by atoms with Gasteiger partial charge in [0.05, 0.1) is 23.8 Å². The van der Waals surface area contributed by atoms with E-state index in [4.69, 9.17) is 15.5 Å². The number of nitrogens with zero attached hydrogens (tertiary/aromatic N) is 4. The molecule has 1 amide bonds. The van der Waals surface area contributed by atoms with E-state index in [0.717, 1.165) is 60.9 Å². The zero-order valence-electron chi connectivity index (χ0n) is 24.2. The number of piperidine rings is 1. The molecule has 2 aromatic carbocycles. The van der Waals surface area contributed by atoms with Crippen molar-refractivity contribution in [3.05, 3.63) is 42.0 Å². The maximum atomic E-state index is 13.6. The molecule has 3 aliphatic carbocycles. The third-order valence-electron chi connectivity index (χ3n) is 10.4. The van der Waals surface area contributed by atoms with Crippen molar-refractivity contribution < 1.29 is 9.53 Å². The molecule has 4 aromatic rings. The second kappa shape index (κ2) is 9.24. The van der Waals surface area contributed by atoms with Crippen LogP contribution in [0.5, 0.6) is 5.75 Å². The van der Waals surface area contributed by atoms with Crippen molar-refractivity contribution in [2.45, 2.75) is 57.5 Å². The number of amides is 1. The van der Waals surface area contributed by atoms with Crippen LogP contribution in [0.3, 0.4) is 0 Å². The van der Waals surface area contributed by atoms with E-state index in [0.29, 0.717) is 23.8 Å². The fourth-order valence-corrected chi connectivity index (χ4v) is 7.32. The summed E-state index contributed by atoms with van der Waals surface area (Å²) in [5.74, 6) is 3.26. The van der Waals surface area contributed by atoms with Crippen molar-refractivity contribution in [3.63, 3.8) is 0 Å². The van der Waals surface area contributed by atoms with Crippen molar-refractivity contribution in [2.75, 3.05) is 32.1 Å². The smallest absolute Gasteiger partial charge is 0.254 e. The fraction of sp³-hybridized carbons (Fsp3) is 0.515. The predicted octanol–water partition coefficient (Wildman–Crippen LogP) is 5.39. The molecule has 8 nitrogen and oxygen atoms in total. The molecule has 3 saturated carbocycles. The maximum Gasteiger partial charge on any atom is 0.254 e. The Morgan fingerprint density at radius 3 is 2.63 bits per heavy atom. The van der Waals surface area contributed by atoms with Crippen molar-refractivity contribution in [1.82, 2.24) is 19.0 Å². The van der Waals surface area contributed by atoms with Crippen molar-refractivity contribution >= 4 is 33.5 Å². The number of imidazole rings is 1. The number of fused-ring (bicyclic) bond motifs is 3. The summed E-state index contributed by atoms with van der Waals surface area (Å²) in [5.41, 5.74) is 12.1. The van der Waals surface area contributed by atoms with Gasteiger partial charge in [0.15, 0.2) is 5.82 Å². The van der Waals surface area contributed by atoms with E-state index in [2.05, 4.69) is 45.8 Å². The molecule has 41 heavy (non-hydrogen) atoms. The Morgan fingerprint density at radius 1 is 1.12 bits per heavy atom. The molecule has 214 valence electrons. The Hall–Kier alpha value is -3.52. The molecule has 0 bridgehead atoms. The lowest BCUT2D eigenvalue weighted by Crippen LogP contribution is -2.74. The topological polar surface area (TPSA) is 90.3 Å². The summed E-state index contributed by atoms with van der Waals surface area (Å²) >= 11 is 0. The lowest BCUT2D eigenvalue weighted by atomic mass is 9.57. The first-order valence-corrected chi connectivity index (χ1v) is 15.4. The summed E-state index contributed by atoms with van der Waals surface area (Å²) in [5, 5.41) is 4.89. The molecule has 0 radical (unpaired) electrons. The maximum absolute atomic E-state index is 13.6. The number of likely N-dealkylation sites (tertiary alicyclic amines) is 1. The van der Waals surface area contributed by atoms with Gasteiger partial charge in [-0.2, -0.15) is 0 Å². The minimum atomic E-state index is 0.0516. The first kappa shape index (κ1) is 25.2. The van der Waals surface area contributed by atoms with Gasteiger partial charge in [0.25, 0.3) is 5.91 Å². The van der Waals surface area contributed by atoms with Crippen LogP contribution in [0.1, 0.15) is 55.3 Å². The normalized spacial score (nSPS) is 23.4. The van der Waals surface area contributed by atoms with Crippen LogP contribution in [-0.4, -0.2) is 57.7 Å². The Morgan fingerprint density at radius 2 is 1.95 bits per heavy atom. The molecule has 2 atom stereocenters. The van der Waals surface area contributed by atoms with Gasteiger partial charge < -0.3 is 29.8 Å². The zero-order valence-corrected chi connectivity index (χ0v) is 24.2. The summed E-state index contributed by atoms with van der Waals surface area (Å²) in [4.78, 5) is 20.7. The van der Waals surface area contributed by atoms with Crippen LogP contribution in [-0.2, 0) is 13.6 Å². The third kappa shape index (κ3) is 4.05. The molecule has 3 heterocycles. The molecular formula is C33H40N6O2. The number of benzene rings is 2. The molecular weight excluding hydrogens is 512 g/mol. The van der Waals surface area contributed by atoms with Gasteiger partial charge >= 0.3 is 0 Å². The minimum absolute atomic E-state index is 0.0516. The summed E-state index contributed by atoms with van der Waals surface area (Å²) in [6, 6.07) is 13.1. The zero-order chi connectivity index (χ0) is 27.9. The molecule has 1 aliphatic heterocycles. The van der Waals surface area contributed by atoms with Crippen LogP contribution in [0.4, 0.5) is 5.69 Å². The van der Waals surface area contributed by atoms with Gasteiger partial charge in [-0.05, 0) is 74.3 Å². The lowest BCUT2D eigenvalue weighted by Gasteiger charge is -2.64. The lowest BCUT2D eigenvalue weighted by molar-refractivity contribution is -0.117. The van der Waals surface area contributed by atoms with Crippen LogP contribution < -0.4 is 15.8 Å². The highest BCUT2D eigenvalue weighted by molar-refractivity contribution is 6.01. The number of anilines is 1. The molecule has 2 aromatic heterocycles. The summed E-state index contributed by atoms with van der Waals surface area (Å²) in [6.45, 7) is 3.43. The number of hydrogen-bond donors (Lipinski definition) is 2. The van der Waals surface area contributed by atoms with Gasteiger partial charge in [-0.1, -0.05) is 18.9 Å². The number of hydrogen-bond acceptors (Lipinski definition) is 5. The number of rotatable bonds is 10. The molecule has 1 saturated heterocycles. The van der Waals surface area contributed by atoms with E-state index in [9.17, 15) is 4.79 Å². The summed E-state index contributed by atoms with van der Waals surface area (Å²) in [7, 11) is 3.73. The number of aryl methyl sites for hydroxylation is 1. The fourth-order valence-electron chi connectivity index (χ4n) is 7.32.